The Labute approximate surface area is 106 Å². The molecule has 0 spiro atoms. The summed E-state index contributed by atoms with van der Waals surface area (Å²) in [6.07, 6.45) is -4.41. The fraction of sp³-hybridized carbons (Fsp3) is 0.400. The average Bonchev–Trinajstić information content (AvgIpc) is 2.28. The highest BCUT2D eigenvalue weighted by Gasteiger charge is 2.27. The summed E-state index contributed by atoms with van der Waals surface area (Å²) in [5.74, 6) is -0.726. The maximum absolute atomic E-state index is 12.9. The summed E-state index contributed by atoms with van der Waals surface area (Å²) in [5.41, 5.74) is -0.212. The van der Waals surface area contributed by atoms with Crippen LogP contribution in [-0.2, 0) is 4.74 Å². The number of halogens is 4. The van der Waals surface area contributed by atoms with Gasteiger partial charge in [0.1, 0.15) is 24.8 Å². The number of ether oxygens (including phenoxy) is 2. The van der Waals surface area contributed by atoms with Crippen LogP contribution in [0.4, 0.5) is 17.6 Å². The van der Waals surface area contributed by atoms with E-state index in [4.69, 9.17) is 14.8 Å². The van der Waals surface area contributed by atoms with Crippen molar-refractivity contribution in [3.63, 3.8) is 0 Å². The Morgan fingerprint density at radius 2 is 1.84 bits per heavy atom. The molecule has 9 heteroatoms. The molecule has 1 rings (SSSR count). The average molecular weight is 282 g/mol. The van der Waals surface area contributed by atoms with E-state index in [1.54, 1.807) is 0 Å². The molecule has 1 aromatic rings. The Hall–Kier alpha value is -1.32. The minimum absolute atomic E-state index is 0.0352. The van der Waals surface area contributed by atoms with Crippen molar-refractivity contribution < 1.29 is 37.1 Å². The molecule has 1 aromatic carbocycles. The van der Waals surface area contributed by atoms with Crippen LogP contribution in [0.1, 0.15) is 0 Å². The minimum atomic E-state index is -4.41. The van der Waals surface area contributed by atoms with E-state index < -0.39 is 25.7 Å². The molecule has 0 saturated carbocycles. The molecule has 0 saturated heterocycles. The van der Waals surface area contributed by atoms with E-state index >= 15 is 0 Å². The summed E-state index contributed by atoms with van der Waals surface area (Å²) < 4.78 is 57.4. The molecular weight excluding hydrogens is 271 g/mol. The summed E-state index contributed by atoms with van der Waals surface area (Å²) in [6, 6.07) is 3.03. The highest BCUT2D eigenvalue weighted by Crippen LogP contribution is 2.14. The Morgan fingerprint density at radius 1 is 1.16 bits per heavy atom. The van der Waals surface area contributed by atoms with Gasteiger partial charge in [0.05, 0.1) is 6.61 Å². The maximum atomic E-state index is 12.9. The Bertz CT molecular complexity index is 411. The molecule has 0 fully saturated rings. The standard InChI is InChI=1S/C10H11BF4O4/c12-7-1-2-9(8(5-7)11(16)17)19-4-3-18-6-10(13,14)15/h1-2,5,16-17H,3-4,6H2. The first-order valence-electron chi connectivity index (χ1n) is 5.22. The van der Waals surface area contributed by atoms with Crippen LogP contribution in [0.3, 0.4) is 0 Å². The van der Waals surface area contributed by atoms with Crippen LogP contribution < -0.4 is 10.2 Å². The van der Waals surface area contributed by atoms with Gasteiger partial charge in [0.25, 0.3) is 0 Å². The van der Waals surface area contributed by atoms with Crippen LogP contribution in [0.15, 0.2) is 18.2 Å². The Balaban J connectivity index is 2.45. The second-order valence-corrected chi connectivity index (χ2v) is 3.57. The lowest BCUT2D eigenvalue weighted by atomic mass is 9.79. The van der Waals surface area contributed by atoms with Gasteiger partial charge < -0.3 is 19.5 Å². The van der Waals surface area contributed by atoms with E-state index in [9.17, 15) is 17.6 Å². The zero-order valence-electron chi connectivity index (χ0n) is 9.65. The van der Waals surface area contributed by atoms with Gasteiger partial charge in [-0.25, -0.2) is 4.39 Å². The van der Waals surface area contributed by atoms with Gasteiger partial charge in [0.2, 0.25) is 0 Å². The lowest BCUT2D eigenvalue weighted by Crippen LogP contribution is -2.32. The lowest BCUT2D eigenvalue weighted by molar-refractivity contribution is -0.175. The third kappa shape index (κ3) is 5.90. The first-order chi connectivity index (χ1) is 8.79. The van der Waals surface area contributed by atoms with Gasteiger partial charge >= 0.3 is 13.3 Å². The van der Waals surface area contributed by atoms with Crippen LogP contribution in [-0.4, -0.2) is 43.2 Å². The molecule has 0 unspecified atom stereocenters. The Morgan fingerprint density at radius 3 is 2.42 bits per heavy atom. The van der Waals surface area contributed by atoms with Gasteiger partial charge in [0, 0.05) is 5.46 Å². The monoisotopic (exact) mass is 282 g/mol. The molecule has 0 atom stereocenters. The number of hydrogen-bond donors (Lipinski definition) is 2. The lowest BCUT2D eigenvalue weighted by Gasteiger charge is -2.12. The molecule has 0 amide bonds. The molecule has 0 aromatic heterocycles. The SMILES string of the molecule is OB(O)c1cc(F)ccc1OCCOCC(F)(F)F. The van der Waals surface area contributed by atoms with Gasteiger partial charge in [0.15, 0.2) is 0 Å². The number of benzene rings is 1. The fourth-order valence-corrected chi connectivity index (χ4v) is 1.25. The molecule has 0 radical (unpaired) electrons. The van der Waals surface area contributed by atoms with E-state index in [1.165, 1.54) is 0 Å². The van der Waals surface area contributed by atoms with Crippen LogP contribution in [0.5, 0.6) is 5.75 Å². The molecule has 0 bridgehead atoms. The van der Waals surface area contributed by atoms with Crippen molar-refractivity contribution in [3.8, 4) is 5.75 Å². The molecule has 2 N–H and O–H groups in total. The molecule has 0 aliphatic heterocycles. The third-order valence-corrected chi connectivity index (χ3v) is 2.00. The van der Waals surface area contributed by atoms with Crippen molar-refractivity contribution in [3.05, 3.63) is 24.0 Å². The predicted octanol–water partition coefficient (Wildman–Crippen LogP) is 0.463. The zero-order chi connectivity index (χ0) is 14.5. The van der Waals surface area contributed by atoms with Gasteiger partial charge in [-0.1, -0.05) is 0 Å². The van der Waals surface area contributed by atoms with Crippen molar-refractivity contribution in [2.45, 2.75) is 6.18 Å². The van der Waals surface area contributed by atoms with Crippen molar-refractivity contribution in [1.29, 1.82) is 0 Å². The van der Waals surface area contributed by atoms with E-state index in [2.05, 4.69) is 4.74 Å². The summed E-state index contributed by atoms with van der Waals surface area (Å²) in [7, 11) is -1.94. The third-order valence-electron chi connectivity index (χ3n) is 2.00. The quantitative estimate of drug-likeness (QED) is 0.452. The van der Waals surface area contributed by atoms with Gasteiger partial charge in [-0.15, -0.1) is 0 Å². The highest BCUT2D eigenvalue weighted by atomic mass is 19.4. The topological polar surface area (TPSA) is 58.9 Å². The summed E-state index contributed by atoms with van der Waals surface area (Å²) in [4.78, 5) is 0. The van der Waals surface area contributed by atoms with E-state index in [1.807, 2.05) is 0 Å². The summed E-state index contributed by atoms with van der Waals surface area (Å²) in [5, 5.41) is 17.9. The maximum Gasteiger partial charge on any atom is 0.492 e. The predicted molar refractivity (Wildman–Crippen MR) is 58.6 cm³/mol. The van der Waals surface area contributed by atoms with E-state index in [0.717, 1.165) is 18.2 Å². The molecular formula is C10H11BF4O4. The first-order valence-corrected chi connectivity index (χ1v) is 5.22. The van der Waals surface area contributed by atoms with E-state index in [0.29, 0.717) is 0 Å². The number of rotatable bonds is 6. The molecule has 0 aliphatic carbocycles. The minimum Gasteiger partial charge on any atom is -0.492 e. The van der Waals surface area contributed by atoms with Gasteiger partial charge in [-0.3, -0.25) is 0 Å². The number of alkyl halides is 3. The van der Waals surface area contributed by atoms with Crippen molar-refractivity contribution in [2.75, 3.05) is 19.8 Å². The highest BCUT2D eigenvalue weighted by molar-refractivity contribution is 6.59. The second-order valence-electron chi connectivity index (χ2n) is 3.57. The van der Waals surface area contributed by atoms with Crippen molar-refractivity contribution in [1.82, 2.24) is 0 Å². The smallest absolute Gasteiger partial charge is 0.492 e. The van der Waals surface area contributed by atoms with Crippen molar-refractivity contribution in [2.24, 2.45) is 0 Å². The summed E-state index contributed by atoms with van der Waals surface area (Å²) in [6.45, 7) is -1.96. The molecule has 19 heavy (non-hydrogen) atoms. The zero-order valence-corrected chi connectivity index (χ0v) is 9.65. The van der Waals surface area contributed by atoms with Crippen LogP contribution in [0, 0.1) is 5.82 Å². The second kappa shape index (κ2) is 6.74. The normalized spacial score (nSPS) is 11.5. The summed E-state index contributed by atoms with van der Waals surface area (Å²) >= 11 is 0. The van der Waals surface area contributed by atoms with Crippen LogP contribution in [0.25, 0.3) is 0 Å². The fourth-order valence-electron chi connectivity index (χ4n) is 1.25. The largest absolute Gasteiger partial charge is 0.492 e. The first kappa shape index (κ1) is 15.7. The molecule has 106 valence electrons. The molecule has 0 heterocycles. The van der Waals surface area contributed by atoms with E-state index in [-0.39, 0.29) is 24.4 Å². The Kier molecular flexibility index (Phi) is 5.58. The molecule has 0 aliphatic rings. The van der Waals surface area contributed by atoms with Gasteiger partial charge in [-0.05, 0) is 18.2 Å². The number of hydrogen-bond acceptors (Lipinski definition) is 4. The van der Waals surface area contributed by atoms with Crippen molar-refractivity contribution >= 4 is 12.6 Å². The molecule has 4 nitrogen and oxygen atoms in total. The van der Waals surface area contributed by atoms with Gasteiger partial charge in [-0.2, -0.15) is 13.2 Å². The van der Waals surface area contributed by atoms with Crippen LogP contribution >= 0.6 is 0 Å². The van der Waals surface area contributed by atoms with Crippen LogP contribution in [0.2, 0.25) is 0 Å².